The summed E-state index contributed by atoms with van der Waals surface area (Å²) in [5.41, 5.74) is 11.1. The fourth-order valence-electron chi connectivity index (χ4n) is 3.56. The first-order valence-corrected chi connectivity index (χ1v) is 12.7. The quantitative estimate of drug-likeness (QED) is 0.259. The highest BCUT2D eigenvalue weighted by atomic mass is 35.5. The molecule has 0 spiro atoms. The molecule has 0 aliphatic carbocycles. The minimum Gasteiger partial charge on any atom is -0.496 e. The molecule has 6 nitrogen and oxygen atoms in total. The van der Waals surface area contributed by atoms with E-state index >= 15 is 0 Å². The summed E-state index contributed by atoms with van der Waals surface area (Å²) in [4.78, 5) is 22.3. The first-order chi connectivity index (χ1) is 18.8. The van der Waals surface area contributed by atoms with Crippen molar-refractivity contribution in [2.75, 3.05) is 14.2 Å². The zero-order chi connectivity index (χ0) is 28.6. The van der Waals surface area contributed by atoms with Gasteiger partial charge in [0.2, 0.25) is 0 Å². The Bertz CT molecular complexity index is 1330. The second kappa shape index (κ2) is 16.7. The van der Waals surface area contributed by atoms with Crippen molar-refractivity contribution in [1.82, 2.24) is 5.32 Å². The summed E-state index contributed by atoms with van der Waals surface area (Å²) >= 11 is 5.16. The van der Waals surface area contributed by atoms with Crippen molar-refractivity contribution in [3.05, 3.63) is 130 Å². The predicted molar refractivity (Wildman–Crippen MR) is 158 cm³/mol. The van der Waals surface area contributed by atoms with E-state index in [1.807, 2.05) is 74.5 Å². The molecule has 0 aliphatic heterocycles. The van der Waals surface area contributed by atoms with Crippen LogP contribution >= 0.6 is 11.6 Å². The lowest BCUT2D eigenvalue weighted by Crippen LogP contribution is -2.22. The Kier molecular flexibility index (Phi) is 13.3. The van der Waals surface area contributed by atoms with Crippen molar-refractivity contribution in [2.45, 2.75) is 26.9 Å². The number of benzene rings is 4. The van der Waals surface area contributed by atoms with Crippen LogP contribution in [0, 0.1) is 13.8 Å². The fraction of sp³-hybridized carbons (Fsp3) is 0.188. The van der Waals surface area contributed by atoms with Crippen molar-refractivity contribution in [3.8, 4) is 11.5 Å². The molecule has 4 rings (SSSR count). The number of amides is 1. The first kappa shape index (κ1) is 31.1. The maximum absolute atomic E-state index is 11.9. The van der Waals surface area contributed by atoms with Crippen LogP contribution in [-0.4, -0.2) is 25.4 Å². The van der Waals surface area contributed by atoms with Gasteiger partial charge in [0, 0.05) is 24.2 Å². The molecule has 39 heavy (non-hydrogen) atoms. The number of rotatable bonds is 7. The highest BCUT2D eigenvalue weighted by Crippen LogP contribution is 2.19. The molecule has 7 heteroatoms. The summed E-state index contributed by atoms with van der Waals surface area (Å²) < 4.78 is 10.3. The lowest BCUT2D eigenvalue weighted by molar-refractivity contribution is 0.0950. The molecule has 0 bridgehead atoms. The molecule has 4 aromatic carbocycles. The molecule has 1 amide bonds. The maximum atomic E-state index is 11.9. The van der Waals surface area contributed by atoms with Gasteiger partial charge < -0.3 is 20.5 Å². The monoisotopic (exact) mass is 546 g/mol. The molecule has 0 aliphatic rings. The Balaban J connectivity index is 0.000000226. The number of nitrogens with one attached hydrogen (secondary N) is 1. The van der Waals surface area contributed by atoms with Crippen LogP contribution in [0.15, 0.2) is 97.1 Å². The van der Waals surface area contributed by atoms with Gasteiger partial charge in [-0.15, -0.1) is 0 Å². The minimum absolute atomic E-state index is 0.0610. The molecule has 0 unspecified atom stereocenters. The first-order valence-electron chi connectivity index (χ1n) is 12.3. The van der Waals surface area contributed by atoms with Gasteiger partial charge >= 0.3 is 0 Å². The molecular formula is C32H35ClN2O4. The largest absolute Gasteiger partial charge is 0.496 e. The van der Waals surface area contributed by atoms with Gasteiger partial charge in [0.25, 0.3) is 11.1 Å². The molecule has 0 aromatic heterocycles. The van der Waals surface area contributed by atoms with E-state index in [4.69, 9.17) is 26.8 Å². The van der Waals surface area contributed by atoms with Crippen LogP contribution in [0.25, 0.3) is 0 Å². The zero-order valence-electron chi connectivity index (χ0n) is 22.7. The smallest absolute Gasteiger partial charge is 0.252 e. The molecule has 0 fully saturated rings. The van der Waals surface area contributed by atoms with Crippen LogP contribution in [-0.2, 0) is 13.1 Å². The van der Waals surface area contributed by atoms with Crippen LogP contribution in [0.1, 0.15) is 43.0 Å². The van der Waals surface area contributed by atoms with Crippen LogP contribution in [0.5, 0.6) is 11.5 Å². The van der Waals surface area contributed by atoms with Crippen molar-refractivity contribution >= 4 is 22.8 Å². The van der Waals surface area contributed by atoms with E-state index in [1.165, 1.54) is 0 Å². The molecule has 0 heterocycles. The van der Waals surface area contributed by atoms with Crippen molar-refractivity contribution in [1.29, 1.82) is 0 Å². The Morgan fingerprint density at radius 2 is 1.18 bits per heavy atom. The number of aryl methyl sites for hydroxylation is 2. The summed E-state index contributed by atoms with van der Waals surface area (Å²) in [6.07, 6.45) is 0. The van der Waals surface area contributed by atoms with Crippen LogP contribution < -0.4 is 20.5 Å². The number of halogens is 1. The summed E-state index contributed by atoms with van der Waals surface area (Å²) in [6, 6.07) is 29.8. The van der Waals surface area contributed by atoms with Gasteiger partial charge in [-0.25, -0.2) is 0 Å². The average Bonchev–Trinajstić information content (AvgIpc) is 2.97. The summed E-state index contributed by atoms with van der Waals surface area (Å²) in [5.74, 6) is 1.72. The second-order valence-electron chi connectivity index (χ2n) is 8.50. The molecule has 204 valence electrons. The standard InChI is InChI=1S/C16H17NO2.C9H13NO.C7H5ClO/c1-12-10-13(8-9-15(12)19-2)11-17-16(18)14-6-4-3-5-7-14;1-7-5-8(6-10)3-4-9(7)11-2;8-7(9)6-4-2-1-3-5-6/h3-10H,11H2,1-2H3,(H,17,18);3-5H,6,10H2,1-2H3;1-5H. The van der Waals surface area contributed by atoms with Gasteiger partial charge in [-0.2, -0.15) is 0 Å². The number of methoxy groups -OCH3 is 2. The van der Waals surface area contributed by atoms with E-state index in [9.17, 15) is 9.59 Å². The number of hydrogen-bond donors (Lipinski definition) is 2. The van der Waals surface area contributed by atoms with Crippen LogP contribution in [0.2, 0.25) is 0 Å². The predicted octanol–water partition coefficient (Wildman–Crippen LogP) is 6.46. The van der Waals surface area contributed by atoms with Crippen molar-refractivity contribution < 1.29 is 19.1 Å². The second-order valence-corrected chi connectivity index (χ2v) is 8.84. The third-order valence-electron chi connectivity index (χ3n) is 5.64. The maximum Gasteiger partial charge on any atom is 0.252 e. The van der Waals surface area contributed by atoms with E-state index in [-0.39, 0.29) is 5.91 Å². The Hall–Kier alpha value is -4.13. The van der Waals surface area contributed by atoms with E-state index in [0.717, 1.165) is 33.8 Å². The van der Waals surface area contributed by atoms with Crippen LogP contribution in [0.4, 0.5) is 0 Å². The van der Waals surface area contributed by atoms with Crippen molar-refractivity contribution in [2.24, 2.45) is 5.73 Å². The third-order valence-corrected chi connectivity index (χ3v) is 5.86. The Morgan fingerprint density at radius 1 is 0.718 bits per heavy atom. The van der Waals surface area contributed by atoms with Gasteiger partial charge in [-0.1, -0.05) is 72.8 Å². The molecule has 0 saturated carbocycles. The number of nitrogens with two attached hydrogens (primary N) is 1. The topological polar surface area (TPSA) is 90.7 Å². The number of carbonyl (C=O) groups is 2. The van der Waals surface area contributed by atoms with E-state index < -0.39 is 5.24 Å². The van der Waals surface area contributed by atoms with Gasteiger partial charge in [0.15, 0.2) is 0 Å². The van der Waals surface area contributed by atoms with Gasteiger partial charge in [0.1, 0.15) is 11.5 Å². The fourth-order valence-corrected chi connectivity index (χ4v) is 3.69. The summed E-state index contributed by atoms with van der Waals surface area (Å²) in [5, 5.41) is 2.49. The molecule has 3 N–H and O–H groups in total. The minimum atomic E-state index is -0.407. The van der Waals surface area contributed by atoms with Gasteiger partial charge in [-0.05, 0) is 72.0 Å². The number of ether oxygens (including phenoxy) is 2. The molecular weight excluding hydrogens is 512 g/mol. The van der Waals surface area contributed by atoms with Gasteiger partial charge in [0.05, 0.1) is 14.2 Å². The van der Waals surface area contributed by atoms with E-state index in [1.54, 1.807) is 50.6 Å². The SMILES string of the molecule is COc1ccc(CN)cc1C.COc1ccc(CNC(=O)c2ccccc2)cc1C.O=C(Cl)c1ccccc1. The Labute approximate surface area is 235 Å². The van der Waals surface area contributed by atoms with Crippen molar-refractivity contribution in [3.63, 3.8) is 0 Å². The number of carbonyl (C=O) groups excluding carboxylic acids is 2. The molecule has 0 saturated heterocycles. The van der Waals surface area contributed by atoms with Crippen LogP contribution in [0.3, 0.4) is 0 Å². The zero-order valence-corrected chi connectivity index (χ0v) is 23.5. The Morgan fingerprint density at radius 3 is 1.59 bits per heavy atom. The molecule has 0 radical (unpaired) electrons. The summed E-state index contributed by atoms with van der Waals surface area (Å²) in [7, 11) is 3.32. The lowest BCUT2D eigenvalue weighted by atomic mass is 10.1. The van der Waals surface area contributed by atoms with E-state index in [2.05, 4.69) is 5.32 Å². The average molecular weight is 547 g/mol. The van der Waals surface area contributed by atoms with Gasteiger partial charge in [-0.3, -0.25) is 9.59 Å². The highest BCUT2D eigenvalue weighted by Gasteiger charge is 2.05. The summed E-state index contributed by atoms with van der Waals surface area (Å²) in [6.45, 7) is 5.10. The normalized spacial score (nSPS) is 9.69. The van der Waals surface area contributed by atoms with E-state index in [0.29, 0.717) is 24.2 Å². The molecule has 4 aromatic rings. The third kappa shape index (κ3) is 10.6. The molecule has 0 atom stereocenters. The lowest BCUT2D eigenvalue weighted by Gasteiger charge is -2.08. The highest BCUT2D eigenvalue weighted by molar-refractivity contribution is 6.67. The number of hydrogen-bond acceptors (Lipinski definition) is 5.